The molecule has 3 unspecified atom stereocenters. The number of benzene rings is 1. The quantitative estimate of drug-likeness (QED) is 0.853. The van der Waals surface area contributed by atoms with Crippen LogP contribution in [-0.4, -0.2) is 20.5 Å². The molecule has 2 aliphatic carbocycles. The Morgan fingerprint density at radius 2 is 2.25 bits per heavy atom. The molecule has 3 atom stereocenters. The maximum atomic E-state index is 12.5. The van der Waals surface area contributed by atoms with E-state index in [-0.39, 0.29) is 5.92 Å². The molecule has 2 aliphatic rings. The Hall–Kier alpha value is -1.97. The van der Waals surface area contributed by atoms with Gasteiger partial charge in [0.2, 0.25) is 0 Å². The average molecular weight is 267 g/mol. The number of rotatable bonds is 3. The smallest absolute Gasteiger partial charge is 0.144 e. The van der Waals surface area contributed by atoms with Gasteiger partial charge in [-0.1, -0.05) is 24.3 Å². The second kappa shape index (κ2) is 4.27. The van der Waals surface area contributed by atoms with Gasteiger partial charge in [0.25, 0.3) is 0 Å². The molecular weight excluding hydrogens is 250 g/mol. The van der Waals surface area contributed by atoms with Gasteiger partial charge in [-0.3, -0.25) is 9.48 Å². The van der Waals surface area contributed by atoms with Crippen molar-refractivity contribution in [2.75, 3.05) is 0 Å². The van der Waals surface area contributed by atoms with Crippen LogP contribution in [0.3, 0.4) is 0 Å². The van der Waals surface area contributed by atoms with Crippen molar-refractivity contribution >= 4 is 5.78 Å². The number of aryl methyl sites for hydroxylation is 2. The molecule has 102 valence electrons. The van der Waals surface area contributed by atoms with Crippen LogP contribution in [-0.2, 0) is 24.7 Å². The highest BCUT2D eigenvalue weighted by molar-refractivity contribution is 5.87. The SMILES string of the molecule is Cn1ncnc1CC(=O)C1C2CCc3ccccc3C21. The first-order valence-electron chi connectivity index (χ1n) is 7.19. The van der Waals surface area contributed by atoms with Crippen molar-refractivity contribution in [2.45, 2.75) is 25.2 Å². The average Bonchev–Trinajstić information content (AvgIpc) is 3.09. The Bertz CT molecular complexity index is 676. The fraction of sp³-hybridized carbons (Fsp3) is 0.438. The monoisotopic (exact) mass is 267 g/mol. The third kappa shape index (κ3) is 1.71. The minimum Gasteiger partial charge on any atom is -0.299 e. The number of hydrogen-bond acceptors (Lipinski definition) is 3. The summed E-state index contributed by atoms with van der Waals surface area (Å²) in [6.45, 7) is 0. The number of fused-ring (bicyclic) bond motifs is 3. The molecule has 0 saturated heterocycles. The molecule has 0 amide bonds. The van der Waals surface area contributed by atoms with Crippen molar-refractivity contribution in [2.24, 2.45) is 18.9 Å². The molecule has 1 heterocycles. The lowest BCUT2D eigenvalue weighted by atomic mass is 9.92. The minimum absolute atomic E-state index is 0.204. The zero-order chi connectivity index (χ0) is 13.7. The van der Waals surface area contributed by atoms with E-state index in [4.69, 9.17) is 0 Å². The topological polar surface area (TPSA) is 47.8 Å². The Balaban J connectivity index is 1.55. The van der Waals surface area contributed by atoms with Crippen molar-refractivity contribution in [3.63, 3.8) is 0 Å². The summed E-state index contributed by atoms with van der Waals surface area (Å²) in [6, 6.07) is 8.58. The van der Waals surface area contributed by atoms with E-state index in [0.29, 0.717) is 24.0 Å². The highest BCUT2D eigenvalue weighted by atomic mass is 16.1. The van der Waals surface area contributed by atoms with Gasteiger partial charge >= 0.3 is 0 Å². The molecule has 1 saturated carbocycles. The van der Waals surface area contributed by atoms with Gasteiger partial charge in [-0.2, -0.15) is 5.10 Å². The predicted molar refractivity (Wildman–Crippen MR) is 74.2 cm³/mol. The Kier molecular flexibility index (Phi) is 2.52. The molecule has 1 aromatic carbocycles. The summed E-state index contributed by atoms with van der Waals surface area (Å²) < 4.78 is 1.69. The summed E-state index contributed by atoms with van der Waals surface area (Å²) in [7, 11) is 1.84. The highest BCUT2D eigenvalue weighted by Crippen LogP contribution is 2.60. The first-order chi connectivity index (χ1) is 9.75. The van der Waals surface area contributed by atoms with E-state index < -0.39 is 0 Å². The third-order valence-electron chi connectivity index (χ3n) is 4.84. The van der Waals surface area contributed by atoms with Crippen LogP contribution in [0.2, 0.25) is 0 Å². The summed E-state index contributed by atoms with van der Waals surface area (Å²) >= 11 is 0. The molecule has 0 radical (unpaired) electrons. The number of hydrogen-bond donors (Lipinski definition) is 0. The number of aromatic nitrogens is 3. The highest BCUT2D eigenvalue weighted by Gasteiger charge is 2.56. The maximum Gasteiger partial charge on any atom is 0.144 e. The maximum absolute atomic E-state index is 12.5. The molecule has 4 nitrogen and oxygen atoms in total. The van der Waals surface area contributed by atoms with Crippen molar-refractivity contribution in [3.05, 3.63) is 47.5 Å². The van der Waals surface area contributed by atoms with Gasteiger partial charge in [-0.05, 0) is 35.8 Å². The van der Waals surface area contributed by atoms with Crippen LogP contribution in [0, 0.1) is 11.8 Å². The summed E-state index contributed by atoms with van der Waals surface area (Å²) in [5.74, 6) is 2.32. The number of nitrogens with zero attached hydrogens (tertiary/aromatic N) is 3. The lowest BCUT2D eigenvalue weighted by Crippen LogP contribution is -2.11. The van der Waals surface area contributed by atoms with Crippen LogP contribution >= 0.6 is 0 Å². The van der Waals surface area contributed by atoms with Crippen LogP contribution in [0.1, 0.15) is 29.3 Å². The molecule has 0 aliphatic heterocycles. The van der Waals surface area contributed by atoms with Gasteiger partial charge < -0.3 is 0 Å². The van der Waals surface area contributed by atoms with Crippen LogP contribution in [0.5, 0.6) is 0 Å². The first-order valence-corrected chi connectivity index (χ1v) is 7.19. The van der Waals surface area contributed by atoms with Gasteiger partial charge in [-0.15, -0.1) is 0 Å². The second-order valence-electron chi connectivity index (χ2n) is 5.90. The van der Waals surface area contributed by atoms with Crippen LogP contribution in [0.25, 0.3) is 0 Å². The third-order valence-corrected chi connectivity index (χ3v) is 4.84. The Morgan fingerprint density at radius 1 is 1.40 bits per heavy atom. The van der Waals surface area contributed by atoms with E-state index in [1.54, 1.807) is 4.68 Å². The molecule has 20 heavy (non-hydrogen) atoms. The van der Waals surface area contributed by atoms with Crippen LogP contribution in [0.15, 0.2) is 30.6 Å². The van der Waals surface area contributed by atoms with Crippen molar-refractivity contribution in [3.8, 4) is 0 Å². The molecule has 2 aromatic rings. The van der Waals surface area contributed by atoms with Crippen molar-refractivity contribution in [1.29, 1.82) is 0 Å². The molecule has 1 aromatic heterocycles. The van der Waals surface area contributed by atoms with Gasteiger partial charge in [-0.25, -0.2) is 4.98 Å². The lowest BCUT2D eigenvalue weighted by molar-refractivity contribution is -0.120. The first kappa shape index (κ1) is 11.8. The van der Waals surface area contributed by atoms with Gasteiger partial charge in [0.15, 0.2) is 0 Å². The second-order valence-corrected chi connectivity index (χ2v) is 5.90. The summed E-state index contributed by atoms with van der Waals surface area (Å²) in [4.78, 5) is 16.7. The van der Waals surface area contributed by atoms with Gasteiger partial charge in [0.1, 0.15) is 17.9 Å². The van der Waals surface area contributed by atoms with E-state index in [2.05, 4.69) is 34.3 Å². The molecule has 4 heteroatoms. The largest absolute Gasteiger partial charge is 0.299 e. The molecule has 0 spiro atoms. The number of Topliss-reactive ketones (excluding diaryl/α,β-unsaturated/α-hetero) is 1. The predicted octanol–water partition coefficient (Wildman–Crippen LogP) is 1.90. The number of ketones is 1. The molecule has 4 rings (SSSR count). The zero-order valence-electron chi connectivity index (χ0n) is 11.5. The van der Waals surface area contributed by atoms with Gasteiger partial charge in [0.05, 0.1) is 6.42 Å². The van der Waals surface area contributed by atoms with E-state index in [1.807, 2.05) is 7.05 Å². The molecule has 1 fully saturated rings. The standard InChI is InChI=1S/C16H17N3O/c1-19-14(17-9-18-19)8-13(20)16-12-7-6-10-4-2-3-5-11(10)15(12)16/h2-5,9,12,15-16H,6-8H2,1H3. The van der Waals surface area contributed by atoms with Crippen molar-refractivity contribution in [1.82, 2.24) is 14.8 Å². The fourth-order valence-electron chi connectivity index (χ4n) is 3.76. The Morgan fingerprint density at radius 3 is 3.05 bits per heavy atom. The van der Waals surface area contributed by atoms with Crippen LogP contribution < -0.4 is 0 Å². The lowest BCUT2D eigenvalue weighted by Gasteiger charge is -2.13. The summed E-state index contributed by atoms with van der Waals surface area (Å²) in [6.07, 6.45) is 4.19. The van der Waals surface area contributed by atoms with Crippen LogP contribution in [0.4, 0.5) is 0 Å². The van der Waals surface area contributed by atoms with E-state index in [1.165, 1.54) is 17.5 Å². The zero-order valence-corrected chi connectivity index (χ0v) is 11.5. The molecule has 0 N–H and O–H groups in total. The fourth-order valence-corrected chi connectivity index (χ4v) is 3.76. The molecular formula is C16H17N3O. The normalized spacial score (nSPS) is 26.8. The summed E-state index contributed by atoms with van der Waals surface area (Å²) in [5, 5.41) is 4.03. The van der Waals surface area contributed by atoms with Crippen molar-refractivity contribution < 1.29 is 4.79 Å². The number of carbonyl (C=O) groups is 1. The minimum atomic E-state index is 0.204. The van der Waals surface area contributed by atoms with E-state index in [9.17, 15) is 4.79 Å². The van der Waals surface area contributed by atoms with E-state index in [0.717, 1.165) is 18.7 Å². The summed E-state index contributed by atoms with van der Waals surface area (Å²) in [5.41, 5.74) is 2.84. The van der Waals surface area contributed by atoms with E-state index >= 15 is 0 Å². The number of carbonyl (C=O) groups excluding carboxylic acids is 1. The van der Waals surface area contributed by atoms with Gasteiger partial charge in [0, 0.05) is 13.0 Å². The Labute approximate surface area is 117 Å². The molecule has 0 bridgehead atoms.